The van der Waals surface area contributed by atoms with E-state index in [0.717, 1.165) is 17.6 Å². The van der Waals surface area contributed by atoms with Gasteiger partial charge in [-0.3, -0.25) is 14.3 Å². The second-order valence-corrected chi connectivity index (χ2v) is 7.58. The third kappa shape index (κ3) is 2.94. The third-order valence-electron chi connectivity index (χ3n) is 5.82. The van der Waals surface area contributed by atoms with Crippen molar-refractivity contribution in [2.75, 3.05) is 25.7 Å². The molecule has 0 unspecified atom stereocenters. The van der Waals surface area contributed by atoms with Crippen LogP contribution >= 0.6 is 0 Å². The van der Waals surface area contributed by atoms with Crippen LogP contribution in [-0.2, 0) is 17.8 Å². The molecule has 0 spiro atoms. The Morgan fingerprint density at radius 2 is 1.84 bits per heavy atom. The Morgan fingerprint density at radius 1 is 1.10 bits per heavy atom. The predicted molar refractivity (Wildman–Crippen MR) is 117 cm³/mol. The Kier molecular flexibility index (Phi) is 4.43. The fraction of sp³-hybridized carbons (Fsp3) is 0.261. The van der Waals surface area contributed by atoms with Crippen LogP contribution in [0.2, 0.25) is 0 Å². The smallest absolute Gasteiger partial charge is 0.273 e. The van der Waals surface area contributed by atoms with Crippen molar-refractivity contribution < 1.29 is 14.3 Å². The van der Waals surface area contributed by atoms with Gasteiger partial charge >= 0.3 is 0 Å². The Hall–Kier alpha value is -3.81. The number of para-hydroxylation sites is 1. The molecule has 4 aromatic rings. The summed E-state index contributed by atoms with van der Waals surface area (Å²) in [4.78, 5) is 31.6. The topological polar surface area (TPSA) is 78.1 Å². The molecule has 3 heterocycles. The maximum absolute atomic E-state index is 13.4. The lowest BCUT2D eigenvalue weighted by Gasteiger charge is -2.19. The van der Waals surface area contributed by atoms with Gasteiger partial charge in [0.1, 0.15) is 6.54 Å². The van der Waals surface area contributed by atoms with Gasteiger partial charge in [0.25, 0.3) is 5.56 Å². The molecule has 0 bridgehead atoms. The molecule has 2 aromatic heterocycles. The number of rotatable bonds is 4. The third-order valence-corrected chi connectivity index (χ3v) is 5.82. The van der Waals surface area contributed by atoms with Crippen LogP contribution in [0.25, 0.3) is 16.6 Å². The van der Waals surface area contributed by atoms with Crippen molar-refractivity contribution in [2.24, 2.45) is 0 Å². The number of ether oxygens (including phenoxy) is 2. The van der Waals surface area contributed by atoms with Gasteiger partial charge in [-0.1, -0.05) is 18.2 Å². The van der Waals surface area contributed by atoms with E-state index in [9.17, 15) is 9.59 Å². The number of fused-ring (bicyclic) bond motifs is 4. The summed E-state index contributed by atoms with van der Waals surface area (Å²) in [5.74, 6) is 1.04. The first kappa shape index (κ1) is 19.2. The van der Waals surface area contributed by atoms with Gasteiger partial charge in [-0.15, -0.1) is 0 Å². The molecule has 5 rings (SSSR count). The maximum atomic E-state index is 13.4. The van der Waals surface area contributed by atoms with Gasteiger partial charge in [0, 0.05) is 35.4 Å². The summed E-state index contributed by atoms with van der Waals surface area (Å²) in [5, 5.41) is 0.716. The first-order chi connectivity index (χ1) is 15.0. The maximum Gasteiger partial charge on any atom is 0.273 e. The zero-order valence-electron chi connectivity index (χ0n) is 17.6. The van der Waals surface area contributed by atoms with Crippen molar-refractivity contribution in [1.82, 2.24) is 14.2 Å². The summed E-state index contributed by atoms with van der Waals surface area (Å²) >= 11 is 0. The fourth-order valence-electron chi connectivity index (χ4n) is 4.41. The summed E-state index contributed by atoms with van der Waals surface area (Å²) < 4.78 is 14.6. The van der Waals surface area contributed by atoms with Crippen LogP contribution in [0, 0.1) is 6.92 Å². The minimum absolute atomic E-state index is 0.0309. The number of amides is 1. The molecular weight excluding hydrogens is 396 g/mol. The van der Waals surface area contributed by atoms with E-state index in [1.54, 1.807) is 20.3 Å². The van der Waals surface area contributed by atoms with E-state index in [0.29, 0.717) is 34.8 Å². The number of aromatic nitrogens is 3. The van der Waals surface area contributed by atoms with Crippen LogP contribution in [0.3, 0.4) is 0 Å². The van der Waals surface area contributed by atoms with Crippen LogP contribution in [0.5, 0.6) is 11.5 Å². The highest BCUT2D eigenvalue weighted by molar-refractivity contribution is 5.99. The molecule has 1 aliphatic heterocycles. The molecule has 0 saturated heterocycles. The number of carbonyl (C=O) groups excluding carboxylic acids is 1. The van der Waals surface area contributed by atoms with E-state index < -0.39 is 0 Å². The van der Waals surface area contributed by atoms with Crippen molar-refractivity contribution in [3.63, 3.8) is 0 Å². The molecule has 1 aliphatic rings. The summed E-state index contributed by atoms with van der Waals surface area (Å²) in [5.41, 5.74) is 3.71. The Bertz CT molecular complexity index is 1400. The Morgan fingerprint density at radius 3 is 2.61 bits per heavy atom. The SMILES string of the molecule is COc1cc2c(cc1OC)n(CC(=O)N1CCc3ccccc31)n1c(C)cc(=O)nc21. The summed E-state index contributed by atoms with van der Waals surface area (Å²) in [7, 11) is 3.12. The van der Waals surface area contributed by atoms with Gasteiger partial charge < -0.3 is 14.4 Å². The van der Waals surface area contributed by atoms with Crippen LogP contribution < -0.4 is 19.9 Å². The van der Waals surface area contributed by atoms with Crippen LogP contribution in [-0.4, -0.2) is 40.9 Å². The summed E-state index contributed by atoms with van der Waals surface area (Å²) in [6, 6.07) is 13.0. The van der Waals surface area contributed by atoms with Crippen LogP contribution in [0.15, 0.2) is 47.3 Å². The molecule has 0 atom stereocenters. The van der Waals surface area contributed by atoms with Crippen LogP contribution in [0.4, 0.5) is 5.69 Å². The minimum Gasteiger partial charge on any atom is -0.493 e. The van der Waals surface area contributed by atoms with Crippen molar-refractivity contribution in [1.29, 1.82) is 0 Å². The van der Waals surface area contributed by atoms with E-state index in [1.807, 2.05) is 45.3 Å². The lowest BCUT2D eigenvalue weighted by atomic mass is 10.2. The van der Waals surface area contributed by atoms with E-state index in [1.165, 1.54) is 11.6 Å². The first-order valence-corrected chi connectivity index (χ1v) is 10.0. The zero-order chi connectivity index (χ0) is 21.7. The number of hydrogen-bond acceptors (Lipinski definition) is 5. The van der Waals surface area contributed by atoms with Gasteiger partial charge in [0.15, 0.2) is 17.1 Å². The van der Waals surface area contributed by atoms with E-state index in [4.69, 9.17) is 9.47 Å². The number of nitrogens with zero attached hydrogens (tertiary/aromatic N) is 4. The standard InChI is InChI=1S/C23H22N4O4/c1-14-10-21(28)24-23-16-11-19(30-2)20(31-3)12-18(16)26(27(14)23)13-22(29)25-9-8-15-6-4-5-7-17(15)25/h4-7,10-12H,8-9,13H2,1-3H3. The number of anilines is 1. The lowest BCUT2D eigenvalue weighted by molar-refractivity contribution is -0.119. The van der Waals surface area contributed by atoms with Gasteiger partial charge in [-0.2, -0.15) is 4.98 Å². The second-order valence-electron chi connectivity index (χ2n) is 7.58. The number of carbonyl (C=O) groups is 1. The zero-order valence-corrected chi connectivity index (χ0v) is 17.6. The van der Waals surface area contributed by atoms with Gasteiger partial charge in [-0.05, 0) is 31.0 Å². The molecule has 2 aromatic carbocycles. The Balaban J connectivity index is 1.70. The molecule has 1 amide bonds. The van der Waals surface area contributed by atoms with Crippen molar-refractivity contribution in [3.8, 4) is 11.5 Å². The molecule has 8 nitrogen and oxygen atoms in total. The minimum atomic E-state index is -0.328. The van der Waals surface area contributed by atoms with Crippen molar-refractivity contribution >= 4 is 28.1 Å². The first-order valence-electron chi connectivity index (χ1n) is 10.0. The number of hydrogen-bond donors (Lipinski definition) is 0. The highest BCUT2D eigenvalue weighted by atomic mass is 16.5. The number of methoxy groups -OCH3 is 2. The quantitative estimate of drug-likeness (QED) is 0.509. The second kappa shape index (κ2) is 7.16. The van der Waals surface area contributed by atoms with Crippen LogP contribution in [0.1, 0.15) is 11.3 Å². The predicted octanol–water partition coefficient (Wildman–Crippen LogP) is 2.56. The summed E-state index contributed by atoms with van der Waals surface area (Å²) in [6.45, 7) is 2.57. The Labute approximate surface area is 178 Å². The van der Waals surface area contributed by atoms with E-state index in [2.05, 4.69) is 11.1 Å². The fourth-order valence-corrected chi connectivity index (χ4v) is 4.41. The van der Waals surface area contributed by atoms with Crippen molar-refractivity contribution in [2.45, 2.75) is 19.9 Å². The molecular formula is C23H22N4O4. The number of aryl methyl sites for hydroxylation is 1. The molecule has 0 aliphatic carbocycles. The molecule has 158 valence electrons. The largest absolute Gasteiger partial charge is 0.493 e. The van der Waals surface area contributed by atoms with E-state index in [-0.39, 0.29) is 18.0 Å². The average Bonchev–Trinajstić information content (AvgIpc) is 3.32. The lowest BCUT2D eigenvalue weighted by Crippen LogP contribution is -2.33. The molecule has 8 heteroatoms. The van der Waals surface area contributed by atoms with Gasteiger partial charge in [-0.25, -0.2) is 4.52 Å². The number of benzene rings is 2. The molecule has 0 radical (unpaired) electrons. The molecule has 31 heavy (non-hydrogen) atoms. The molecule has 0 N–H and O–H groups in total. The summed E-state index contributed by atoms with van der Waals surface area (Å²) in [6.07, 6.45) is 0.841. The highest BCUT2D eigenvalue weighted by Crippen LogP contribution is 2.35. The van der Waals surface area contributed by atoms with Gasteiger partial charge in [0.05, 0.1) is 19.7 Å². The van der Waals surface area contributed by atoms with E-state index >= 15 is 0 Å². The van der Waals surface area contributed by atoms with Crippen molar-refractivity contribution in [3.05, 3.63) is 64.1 Å². The monoisotopic (exact) mass is 418 g/mol. The highest BCUT2D eigenvalue weighted by Gasteiger charge is 2.26. The normalized spacial score (nSPS) is 13.1. The average molecular weight is 418 g/mol. The molecule has 0 saturated carbocycles. The van der Waals surface area contributed by atoms with Gasteiger partial charge in [0.2, 0.25) is 5.91 Å². The molecule has 0 fully saturated rings.